The fraction of sp³-hybridized carbons (Fsp3) is 0.500. The van der Waals surface area contributed by atoms with E-state index in [0.29, 0.717) is 0 Å². The van der Waals surface area contributed by atoms with Gasteiger partial charge in [0.1, 0.15) is 0 Å². The highest BCUT2D eigenvalue weighted by atomic mass is 16.1. The number of hydrogen-bond donors (Lipinski definition) is 1. The van der Waals surface area contributed by atoms with Crippen LogP contribution in [0.5, 0.6) is 0 Å². The van der Waals surface area contributed by atoms with Crippen LogP contribution < -0.4 is 5.73 Å². The molecular formula is C14H19N2O. The fourth-order valence-electron chi connectivity index (χ4n) is 2.31. The highest BCUT2D eigenvalue weighted by molar-refractivity contribution is 5.87. The predicted molar refractivity (Wildman–Crippen MR) is 67.4 cm³/mol. The number of ketones is 1. The van der Waals surface area contributed by atoms with Crippen LogP contribution in [0.2, 0.25) is 0 Å². The Morgan fingerprint density at radius 1 is 1.53 bits per heavy atom. The van der Waals surface area contributed by atoms with E-state index in [0.717, 1.165) is 31.5 Å². The molecule has 1 aliphatic rings. The number of likely N-dealkylation sites (tertiary alicyclic amines) is 1. The van der Waals surface area contributed by atoms with Crippen LogP contribution in [0.3, 0.4) is 0 Å². The third kappa shape index (κ3) is 2.93. The van der Waals surface area contributed by atoms with Gasteiger partial charge in [0.25, 0.3) is 0 Å². The van der Waals surface area contributed by atoms with Crippen molar-refractivity contribution >= 4 is 5.78 Å². The van der Waals surface area contributed by atoms with E-state index in [1.165, 1.54) is 0 Å². The van der Waals surface area contributed by atoms with Gasteiger partial charge >= 0.3 is 0 Å². The summed E-state index contributed by atoms with van der Waals surface area (Å²) in [5.41, 5.74) is 6.89. The lowest BCUT2D eigenvalue weighted by atomic mass is 9.87. The zero-order valence-corrected chi connectivity index (χ0v) is 10.2. The molecule has 1 atom stereocenters. The minimum Gasteiger partial charge on any atom is -0.318 e. The van der Waals surface area contributed by atoms with Gasteiger partial charge in [-0.05, 0) is 50.7 Å². The molecule has 1 aliphatic heterocycles. The Balaban J connectivity index is 2.00. The van der Waals surface area contributed by atoms with Crippen molar-refractivity contribution in [3.05, 3.63) is 35.9 Å². The zero-order valence-electron chi connectivity index (χ0n) is 10.2. The van der Waals surface area contributed by atoms with E-state index < -0.39 is 6.04 Å². The smallest absolute Gasteiger partial charge is 0.157 e. The first-order chi connectivity index (χ1) is 8.18. The first-order valence-electron chi connectivity index (χ1n) is 6.12. The maximum Gasteiger partial charge on any atom is 0.157 e. The van der Waals surface area contributed by atoms with Gasteiger partial charge in [-0.1, -0.05) is 18.2 Å². The molecule has 17 heavy (non-hydrogen) atoms. The van der Waals surface area contributed by atoms with Crippen molar-refractivity contribution in [1.82, 2.24) is 4.90 Å². The highest BCUT2D eigenvalue weighted by Gasteiger charge is 2.27. The number of carbonyl (C=O) groups excluding carboxylic acids is 1. The third-order valence-electron chi connectivity index (χ3n) is 3.52. The van der Waals surface area contributed by atoms with Crippen molar-refractivity contribution in [2.75, 3.05) is 20.1 Å². The van der Waals surface area contributed by atoms with E-state index in [9.17, 15) is 4.79 Å². The van der Waals surface area contributed by atoms with E-state index in [1.807, 2.05) is 18.2 Å². The average molecular weight is 231 g/mol. The van der Waals surface area contributed by atoms with Gasteiger partial charge in [0, 0.05) is 5.92 Å². The maximum absolute atomic E-state index is 12.2. The molecule has 2 rings (SSSR count). The van der Waals surface area contributed by atoms with Crippen molar-refractivity contribution < 1.29 is 4.79 Å². The molecule has 1 saturated heterocycles. The molecule has 0 amide bonds. The number of rotatable bonds is 3. The monoisotopic (exact) mass is 231 g/mol. The molecule has 1 fully saturated rings. The Kier molecular flexibility index (Phi) is 3.92. The Hall–Kier alpha value is -1.19. The molecular weight excluding hydrogens is 212 g/mol. The summed E-state index contributed by atoms with van der Waals surface area (Å²) in [5.74, 6) is 0.305. The van der Waals surface area contributed by atoms with E-state index in [2.05, 4.69) is 18.0 Å². The average Bonchev–Trinajstić information content (AvgIpc) is 2.39. The lowest BCUT2D eigenvalue weighted by molar-refractivity contribution is -0.125. The van der Waals surface area contributed by atoms with Gasteiger partial charge in [0.05, 0.1) is 6.04 Å². The van der Waals surface area contributed by atoms with Crippen molar-refractivity contribution in [1.29, 1.82) is 0 Å². The van der Waals surface area contributed by atoms with Crippen LogP contribution in [0, 0.1) is 12.0 Å². The topological polar surface area (TPSA) is 46.3 Å². The standard InChI is InChI=1S/C14H19N2O/c1-16-9-7-12(8-10-16)14(17)13(15)11-5-3-2-4-6-11/h2-3,5-6,12-13H,7-10,15H2,1H3. The normalized spacial score (nSPS) is 20.1. The van der Waals surface area contributed by atoms with Crippen LogP contribution in [0.15, 0.2) is 24.3 Å². The minimum absolute atomic E-state index is 0.126. The molecule has 1 unspecified atom stereocenters. The zero-order chi connectivity index (χ0) is 12.3. The lowest BCUT2D eigenvalue weighted by Crippen LogP contribution is -2.37. The van der Waals surface area contributed by atoms with E-state index in [4.69, 9.17) is 5.73 Å². The predicted octanol–water partition coefficient (Wildman–Crippen LogP) is 1.40. The number of nitrogens with two attached hydrogens (primary N) is 1. The molecule has 3 heteroatoms. The van der Waals surface area contributed by atoms with E-state index in [-0.39, 0.29) is 11.7 Å². The second-order valence-corrected chi connectivity index (χ2v) is 4.79. The number of nitrogens with zero attached hydrogens (tertiary/aromatic N) is 1. The summed E-state index contributed by atoms with van der Waals surface area (Å²) < 4.78 is 0. The first-order valence-corrected chi connectivity index (χ1v) is 6.12. The summed E-state index contributed by atoms with van der Waals surface area (Å²) in [7, 11) is 2.09. The Labute approximate surface area is 103 Å². The summed E-state index contributed by atoms with van der Waals surface area (Å²) >= 11 is 0. The van der Waals surface area contributed by atoms with Crippen molar-refractivity contribution in [2.24, 2.45) is 11.7 Å². The molecule has 3 nitrogen and oxygen atoms in total. The Morgan fingerprint density at radius 2 is 2.24 bits per heavy atom. The molecule has 1 radical (unpaired) electrons. The van der Waals surface area contributed by atoms with E-state index >= 15 is 0 Å². The molecule has 91 valence electrons. The summed E-state index contributed by atoms with van der Waals surface area (Å²) in [4.78, 5) is 14.5. The van der Waals surface area contributed by atoms with Crippen molar-refractivity contribution in [3.63, 3.8) is 0 Å². The number of benzene rings is 1. The Bertz CT molecular complexity index is 369. The second-order valence-electron chi connectivity index (χ2n) is 4.79. The van der Waals surface area contributed by atoms with Crippen LogP contribution in [-0.2, 0) is 4.79 Å². The SMILES string of the molecule is CN1CCC(C(=O)C(N)c2c[c]ccc2)CC1. The second kappa shape index (κ2) is 5.43. The molecule has 1 heterocycles. The molecule has 0 bridgehead atoms. The molecule has 0 saturated carbocycles. The van der Waals surface area contributed by atoms with E-state index in [1.54, 1.807) is 6.07 Å². The van der Waals surface area contributed by atoms with Crippen LogP contribution in [0.25, 0.3) is 0 Å². The lowest BCUT2D eigenvalue weighted by Gasteiger charge is -2.29. The highest BCUT2D eigenvalue weighted by Crippen LogP contribution is 2.23. The molecule has 0 aliphatic carbocycles. The molecule has 1 aromatic carbocycles. The summed E-state index contributed by atoms with van der Waals surface area (Å²) in [6, 6.07) is 9.87. The van der Waals surface area contributed by atoms with Crippen LogP contribution in [0.4, 0.5) is 0 Å². The Morgan fingerprint density at radius 3 is 2.82 bits per heavy atom. The molecule has 2 N–H and O–H groups in total. The van der Waals surface area contributed by atoms with Gasteiger partial charge in [0.2, 0.25) is 0 Å². The molecule has 0 aromatic heterocycles. The van der Waals surface area contributed by atoms with Gasteiger partial charge in [-0.2, -0.15) is 0 Å². The summed E-state index contributed by atoms with van der Waals surface area (Å²) in [6.07, 6.45) is 1.86. The summed E-state index contributed by atoms with van der Waals surface area (Å²) in [5, 5.41) is 0. The van der Waals surface area contributed by atoms with Crippen molar-refractivity contribution in [2.45, 2.75) is 18.9 Å². The largest absolute Gasteiger partial charge is 0.318 e. The van der Waals surface area contributed by atoms with Gasteiger partial charge in [-0.25, -0.2) is 0 Å². The number of carbonyl (C=O) groups is 1. The fourth-order valence-corrected chi connectivity index (χ4v) is 2.31. The minimum atomic E-state index is -0.485. The quantitative estimate of drug-likeness (QED) is 0.855. The number of hydrogen-bond acceptors (Lipinski definition) is 3. The first kappa shape index (κ1) is 12.3. The van der Waals surface area contributed by atoms with Crippen LogP contribution >= 0.6 is 0 Å². The van der Waals surface area contributed by atoms with Crippen LogP contribution in [-0.4, -0.2) is 30.8 Å². The summed E-state index contributed by atoms with van der Waals surface area (Å²) in [6.45, 7) is 1.98. The van der Waals surface area contributed by atoms with Gasteiger partial charge in [0.15, 0.2) is 5.78 Å². The van der Waals surface area contributed by atoms with Crippen LogP contribution in [0.1, 0.15) is 24.4 Å². The maximum atomic E-state index is 12.2. The van der Waals surface area contributed by atoms with Crippen molar-refractivity contribution in [3.8, 4) is 0 Å². The number of Topliss-reactive ketones (excluding diaryl/α,β-unsaturated/α-hetero) is 1. The number of piperidine rings is 1. The van der Waals surface area contributed by atoms with Gasteiger partial charge in [-0.3, -0.25) is 4.79 Å². The third-order valence-corrected chi connectivity index (χ3v) is 3.52. The molecule has 1 aromatic rings. The molecule has 0 spiro atoms. The van der Waals surface area contributed by atoms with Gasteiger partial charge in [-0.15, -0.1) is 0 Å². The van der Waals surface area contributed by atoms with Gasteiger partial charge < -0.3 is 10.6 Å².